The lowest BCUT2D eigenvalue weighted by atomic mass is 10.3. The highest BCUT2D eigenvalue weighted by Crippen LogP contribution is 2.19. The van der Waals surface area contributed by atoms with Crippen LogP contribution in [-0.2, 0) is 24.5 Å². The van der Waals surface area contributed by atoms with Crippen LogP contribution < -0.4 is 5.32 Å². The van der Waals surface area contributed by atoms with Gasteiger partial charge < -0.3 is 19.9 Å². The number of nitrogens with one attached hydrogen (secondary N) is 1. The molecule has 0 aromatic heterocycles. The number of hydrogen-bond acceptors (Lipinski definition) is 6. The van der Waals surface area contributed by atoms with Gasteiger partial charge in [-0.15, -0.1) is 0 Å². The normalized spacial score (nSPS) is 22.0. The fraction of sp³-hybridized carbons (Fsp3) is 0.812. The van der Waals surface area contributed by atoms with Gasteiger partial charge in [0.15, 0.2) is 0 Å². The predicted molar refractivity (Wildman–Crippen MR) is 98.4 cm³/mol. The van der Waals surface area contributed by atoms with E-state index in [4.69, 9.17) is 4.74 Å². The summed E-state index contributed by atoms with van der Waals surface area (Å²) in [6.45, 7) is 3.59. The molecule has 0 bridgehead atoms. The Morgan fingerprint density at radius 2 is 1.39 bits per heavy atom. The number of nitrogens with zero attached hydrogens (tertiary/aromatic N) is 4. The first-order valence-corrected chi connectivity index (χ1v) is 11.0. The highest BCUT2D eigenvalue weighted by atomic mass is 32.2. The largest absolute Gasteiger partial charge is 0.450 e. The molecule has 3 amide bonds. The Bertz CT molecular complexity index is 709. The van der Waals surface area contributed by atoms with Crippen molar-refractivity contribution in [2.24, 2.45) is 0 Å². The summed E-state index contributed by atoms with van der Waals surface area (Å²) in [5.41, 5.74) is 0. The van der Waals surface area contributed by atoms with Gasteiger partial charge in [0.1, 0.15) is 0 Å². The van der Waals surface area contributed by atoms with Gasteiger partial charge in [0.2, 0.25) is 0 Å². The fourth-order valence-electron chi connectivity index (χ4n) is 3.22. The first-order valence-electron chi connectivity index (χ1n) is 9.59. The second kappa shape index (κ2) is 8.62. The van der Waals surface area contributed by atoms with Gasteiger partial charge in [-0.2, -0.15) is 17.0 Å². The predicted octanol–water partition coefficient (Wildman–Crippen LogP) is -1.57. The Balaban J connectivity index is 1.48. The molecule has 0 unspecified atom stereocenters. The topological polar surface area (TPSA) is 120 Å². The summed E-state index contributed by atoms with van der Waals surface area (Å²) in [7, 11) is -3.68. The lowest BCUT2D eigenvalue weighted by Crippen LogP contribution is -2.59. The summed E-state index contributed by atoms with van der Waals surface area (Å²) in [6.07, 6.45) is 1.36. The zero-order chi connectivity index (χ0) is 20.3. The van der Waals surface area contributed by atoms with Crippen LogP contribution >= 0.6 is 0 Å². The molecule has 1 N–H and O–H groups in total. The average molecular weight is 417 g/mol. The van der Waals surface area contributed by atoms with Crippen LogP contribution in [0.5, 0.6) is 0 Å². The van der Waals surface area contributed by atoms with Crippen LogP contribution in [0.1, 0.15) is 19.8 Å². The quantitative estimate of drug-likeness (QED) is 0.552. The Hall–Kier alpha value is -1.92. The first kappa shape index (κ1) is 20.8. The molecule has 158 valence electrons. The maximum absolute atomic E-state index is 12.8. The van der Waals surface area contributed by atoms with Crippen LogP contribution in [0.15, 0.2) is 0 Å². The third kappa shape index (κ3) is 4.73. The smallest absolute Gasteiger partial charge is 0.409 e. The molecular weight excluding hydrogens is 390 g/mol. The van der Waals surface area contributed by atoms with Gasteiger partial charge in [-0.05, 0) is 19.8 Å². The minimum atomic E-state index is -3.68. The number of hydrogen-bond donors (Lipinski definition) is 1. The molecule has 12 heteroatoms. The molecule has 0 aromatic carbocycles. The van der Waals surface area contributed by atoms with Crippen molar-refractivity contribution in [2.45, 2.75) is 25.8 Å². The van der Waals surface area contributed by atoms with Gasteiger partial charge >= 0.3 is 17.9 Å². The maximum atomic E-state index is 12.8. The number of ether oxygens (including phenoxy) is 1. The van der Waals surface area contributed by atoms with Crippen molar-refractivity contribution in [3.8, 4) is 0 Å². The van der Waals surface area contributed by atoms with E-state index in [1.165, 1.54) is 18.4 Å². The van der Waals surface area contributed by atoms with Crippen LogP contribution in [0.2, 0.25) is 0 Å². The number of carbonyl (C=O) groups excluding carboxylic acids is 3. The zero-order valence-corrected chi connectivity index (χ0v) is 16.8. The Labute approximate surface area is 164 Å². The maximum Gasteiger partial charge on any atom is 0.409 e. The molecule has 0 aromatic rings. The van der Waals surface area contributed by atoms with Crippen molar-refractivity contribution in [3.05, 3.63) is 0 Å². The molecular formula is C16H27N5O6S. The molecule has 3 rings (SSSR count). The molecule has 1 aliphatic carbocycles. The summed E-state index contributed by atoms with van der Waals surface area (Å²) >= 11 is 0. The molecule has 2 heterocycles. The third-order valence-electron chi connectivity index (χ3n) is 5.05. The second-order valence-electron chi connectivity index (χ2n) is 7.03. The summed E-state index contributed by atoms with van der Waals surface area (Å²) in [6, 6.07) is 0.103. The van der Waals surface area contributed by atoms with E-state index in [0.29, 0.717) is 0 Å². The number of piperazine rings is 2. The Kier molecular flexibility index (Phi) is 6.40. The molecule has 3 fully saturated rings. The molecule has 0 atom stereocenters. The Morgan fingerprint density at radius 3 is 1.86 bits per heavy atom. The third-order valence-corrected chi connectivity index (χ3v) is 7.09. The van der Waals surface area contributed by atoms with Gasteiger partial charge in [0.25, 0.3) is 10.2 Å². The standard InChI is InChI=1S/C16H27N5O6S/c1-2-27-16(24)19-7-11-21(12-8-19)28(25,26)20-9-5-18(6-10-20)15(23)14(22)17-13-3-4-13/h13H,2-12H2,1H3,(H,17,22). The fourth-order valence-corrected chi connectivity index (χ4v) is 4.80. The van der Waals surface area contributed by atoms with E-state index in [2.05, 4.69) is 5.32 Å². The lowest BCUT2D eigenvalue weighted by Gasteiger charge is -2.39. The van der Waals surface area contributed by atoms with Crippen LogP contribution in [0.25, 0.3) is 0 Å². The SMILES string of the molecule is CCOC(=O)N1CCN(S(=O)(=O)N2CCN(C(=O)C(=O)NC3CC3)CC2)CC1. The summed E-state index contributed by atoms with van der Waals surface area (Å²) in [4.78, 5) is 38.6. The van der Waals surface area contributed by atoms with E-state index in [-0.39, 0.29) is 65.0 Å². The van der Waals surface area contributed by atoms with E-state index in [1.807, 2.05) is 0 Å². The molecule has 28 heavy (non-hydrogen) atoms. The molecule has 2 aliphatic heterocycles. The van der Waals surface area contributed by atoms with E-state index >= 15 is 0 Å². The van der Waals surface area contributed by atoms with E-state index in [1.54, 1.807) is 6.92 Å². The monoisotopic (exact) mass is 417 g/mol. The van der Waals surface area contributed by atoms with Crippen LogP contribution in [0.3, 0.4) is 0 Å². The van der Waals surface area contributed by atoms with Crippen molar-refractivity contribution in [3.63, 3.8) is 0 Å². The van der Waals surface area contributed by atoms with E-state index in [0.717, 1.165) is 12.8 Å². The lowest BCUT2D eigenvalue weighted by molar-refractivity contribution is -0.146. The van der Waals surface area contributed by atoms with Gasteiger partial charge in [-0.3, -0.25) is 9.59 Å². The summed E-state index contributed by atoms with van der Waals surface area (Å²) in [5.74, 6) is -1.22. The highest BCUT2D eigenvalue weighted by Gasteiger charge is 2.37. The average Bonchev–Trinajstić information content (AvgIpc) is 3.51. The van der Waals surface area contributed by atoms with Crippen molar-refractivity contribution in [2.75, 3.05) is 59.0 Å². The summed E-state index contributed by atoms with van der Waals surface area (Å²) in [5, 5.41) is 2.65. The van der Waals surface area contributed by atoms with Crippen LogP contribution in [0, 0.1) is 0 Å². The van der Waals surface area contributed by atoms with Gasteiger partial charge in [0.05, 0.1) is 6.61 Å². The van der Waals surface area contributed by atoms with Crippen molar-refractivity contribution in [1.29, 1.82) is 0 Å². The number of amides is 3. The van der Waals surface area contributed by atoms with Gasteiger partial charge in [-0.25, -0.2) is 4.79 Å². The number of rotatable bonds is 4. The minimum absolute atomic E-state index is 0.103. The van der Waals surface area contributed by atoms with Crippen LogP contribution in [-0.4, -0.2) is 110 Å². The molecule has 2 saturated heterocycles. The van der Waals surface area contributed by atoms with E-state index < -0.39 is 28.1 Å². The molecule has 11 nitrogen and oxygen atoms in total. The van der Waals surface area contributed by atoms with E-state index in [9.17, 15) is 22.8 Å². The molecule has 0 radical (unpaired) electrons. The molecule has 0 spiro atoms. The number of carbonyl (C=O) groups is 3. The van der Waals surface area contributed by atoms with Crippen molar-refractivity contribution in [1.82, 2.24) is 23.7 Å². The first-order chi connectivity index (χ1) is 13.3. The van der Waals surface area contributed by atoms with Gasteiger partial charge in [-0.1, -0.05) is 0 Å². The van der Waals surface area contributed by atoms with Gasteiger partial charge in [0, 0.05) is 58.4 Å². The van der Waals surface area contributed by atoms with Crippen molar-refractivity contribution < 1.29 is 27.5 Å². The molecule has 3 aliphatic rings. The second-order valence-corrected chi connectivity index (χ2v) is 8.96. The van der Waals surface area contributed by atoms with Crippen molar-refractivity contribution >= 4 is 28.1 Å². The summed E-state index contributed by atoms with van der Waals surface area (Å²) < 4.78 is 33.3. The Morgan fingerprint density at radius 1 is 0.893 bits per heavy atom. The zero-order valence-electron chi connectivity index (χ0n) is 16.0. The highest BCUT2D eigenvalue weighted by molar-refractivity contribution is 7.86. The van der Waals surface area contributed by atoms with Crippen LogP contribution in [0.4, 0.5) is 4.79 Å². The molecule has 1 saturated carbocycles. The minimum Gasteiger partial charge on any atom is -0.450 e.